The number of rotatable bonds is 7. The molecule has 1 atom stereocenters. The number of carbonyl (C=O) groups is 1. The number of piperidine rings is 1. The number of hydrogen-bond acceptors (Lipinski definition) is 3. The Labute approximate surface area is 172 Å². The lowest BCUT2D eigenvalue weighted by Crippen LogP contribution is -2.42. The van der Waals surface area contributed by atoms with E-state index in [9.17, 15) is 4.79 Å². The van der Waals surface area contributed by atoms with E-state index in [-0.39, 0.29) is 11.8 Å². The highest BCUT2D eigenvalue weighted by atomic mass is 16.1. The van der Waals surface area contributed by atoms with Crippen LogP contribution in [0.3, 0.4) is 0 Å². The molecule has 5 nitrogen and oxygen atoms in total. The number of hydrogen-bond donors (Lipinski definition) is 1. The summed E-state index contributed by atoms with van der Waals surface area (Å²) in [6.07, 6.45) is 7.61. The molecule has 5 heteroatoms. The smallest absolute Gasteiger partial charge is 0.224 e. The Balaban J connectivity index is 1.29. The highest BCUT2D eigenvalue weighted by molar-refractivity contribution is 5.79. The second-order valence-electron chi connectivity index (χ2n) is 7.83. The Bertz CT molecular complexity index is 908. The van der Waals surface area contributed by atoms with Gasteiger partial charge in [0, 0.05) is 38.6 Å². The van der Waals surface area contributed by atoms with Crippen molar-refractivity contribution in [2.75, 3.05) is 13.1 Å². The average Bonchev–Trinajstić information content (AvgIpc) is 3.26. The van der Waals surface area contributed by atoms with E-state index in [1.54, 1.807) is 6.20 Å². The van der Waals surface area contributed by atoms with Gasteiger partial charge in [-0.3, -0.25) is 9.69 Å². The van der Waals surface area contributed by atoms with E-state index in [1.807, 2.05) is 23.2 Å². The van der Waals surface area contributed by atoms with Gasteiger partial charge in [-0.1, -0.05) is 54.6 Å². The van der Waals surface area contributed by atoms with Gasteiger partial charge < -0.3 is 9.88 Å². The van der Waals surface area contributed by atoms with Gasteiger partial charge in [0.2, 0.25) is 5.91 Å². The second kappa shape index (κ2) is 9.52. The summed E-state index contributed by atoms with van der Waals surface area (Å²) in [5.41, 5.74) is 3.65. The molecule has 1 aromatic heterocycles. The Morgan fingerprint density at radius 2 is 1.86 bits per heavy atom. The third-order valence-corrected chi connectivity index (χ3v) is 5.51. The van der Waals surface area contributed by atoms with Gasteiger partial charge in [-0.25, -0.2) is 4.98 Å². The van der Waals surface area contributed by atoms with Crippen LogP contribution in [-0.4, -0.2) is 33.4 Å². The monoisotopic (exact) mass is 388 g/mol. The van der Waals surface area contributed by atoms with Crippen molar-refractivity contribution in [1.29, 1.82) is 0 Å². The fourth-order valence-electron chi connectivity index (χ4n) is 4.02. The third kappa shape index (κ3) is 5.55. The summed E-state index contributed by atoms with van der Waals surface area (Å²) in [7, 11) is 0. The molecule has 1 saturated heterocycles. The summed E-state index contributed by atoms with van der Waals surface area (Å²) >= 11 is 0. The fourth-order valence-corrected chi connectivity index (χ4v) is 4.02. The molecule has 0 radical (unpaired) electrons. The first-order chi connectivity index (χ1) is 14.3. The predicted molar refractivity (Wildman–Crippen MR) is 114 cm³/mol. The zero-order chi connectivity index (χ0) is 19.9. The van der Waals surface area contributed by atoms with Gasteiger partial charge in [-0.2, -0.15) is 0 Å². The van der Waals surface area contributed by atoms with Crippen LogP contribution < -0.4 is 5.32 Å². The molecule has 1 amide bonds. The summed E-state index contributed by atoms with van der Waals surface area (Å²) in [5.74, 6) is 0.240. The zero-order valence-corrected chi connectivity index (χ0v) is 16.7. The Kier molecular flexibility index (Phi) is 6.37. The highest BCUT2D eigenvalue weighted by Gasteiger charge is 2.25. The Morgan fingerprint density at radius 3 is 2.69 bits per heavy atom. The van der Waals surface area contributed by atoms with E-state index in [0.29, 0.717) is 6.54 Å². The van der Waals surface area contributed by atoms with Gasteiger partial charge in [0.25, 0.3) is 0 Å². The first-order valence-corrected chi connectivity index (χ1v) is 10.3. The summed E-state index contributed by atoms with van der Waals surface area (Å²) in [4.78, 5) is 19.2. The van der Waals surface area contributed by atoms with Crippen molar-refractivity contribution in [3.8, 4) is 0 Å². The lowest BCUT2D eigenvalue weighted by molar-refractivity contribution is -0.126. The molecule has 2 aromatic carbocycles. The topological polar surface area (TPSA) is 50.2 Å². The molecule has 1 aliphatic rings. The van der Waals surface area contributed by atoms with Gasteiger partial charge in [0.1, 0.15) is 0 Å². The van der Waals surface area contributed by atoms with Crippen LogP contribution in [0.25, 0.3) is 0 Å². The van der Waals surface area contributed by atoms with Gasteiger partial charge in [-0.05, 0) is 36.1 Å². The van der Waals surface area contributed by atoms with Crippen molar-refractivity contribution in [2.45, 2.75) is 32.5 Å². The molecule has 4 rings (SSSR count). The summed E-state index contributed by atoms with van der Waals surface area (Å²) in [6, 6.07) is 18.9. The molecular weight excluding hydrogens is 360 g/mol. The minimum absolute atomic E-state index is 0.0709. The Morgan fingerprint density at radius 1 is 1.03 bits per heavy atom. The molecule has 0 aliphatic carbocycles. The minimum atomic E-state index is 0.0709. The van der Waals surface area contributed by atoms with Gasteiger partial charge in [0.05, 0.1) is 12.2 Å². The number of carbonyl (C=O) groups excluding carboxylic acids is 1. The van der Waals surface area contributed by atoms with Crippen LogP contribution in [0.2, 0.25) is 0 Å². The first kappa shape index (κ1) is 19.4. The van der Waals surface area contributed by atoms with Crippen LogP contribution in [0.1, 0.15) is 29.5 Å². The molecule has 1 N–H and O–H groups in total. The van der Waals surface area contributed by atoms with E-state index < -0.39 is 0 Å². The quantitative estimate of drug-likeness (QED) is 0.674. The number of likely N-dealkylation sites (tertiary alicyclic amines) is 1. The number of nitrogens with zero attached hydrogens (tertiary/aromatic N) is 3. The Hall–Kier alpha value is -2.92. The molecule has 2 heterocycles. The van der Waals surface area contributed by atoms with Crippen LogP contribution in [0.4, 0.5) is 0 Å². The number of nitrogens with one attached hydrogen (secondary N) is 1. The minimum Gasteiger partial charge on any atom is -0.352 e. The van der Waals surface area contributed by atoms with Crippen LogP contribution in [0, 0.1) is 5.92 Å². The molecule has 150 valence electrons. The number of amides is 1. The molecule has 0 saturated carbocycles. The molecular formula is C24H28N4O. The lowest BCUT2D eigenvalue weighted by atomic mass is 9.96. The van der Waals surface area contributed by atoms with Crippen LogP contribution >= 0.6 is 0 Å². The standard InChI is InChI=1S/C24H28N4O/c29-24(23-10-5-12-27(18-23)16-20-6-2-1-3-7-20)26-15-21-8-4-9-22(14-21)17-28-13-11-25-19-28/h1-4,6-9,11,13-14,19,23H,5,10,12,15-18H2,(H,26,29). The van der Waals surface area contributed by atoms with E-state index in [4.69, 9.17) is 0 Å². The molecule has 0 bridgehead atoms. The van der Waals surface area contributed by atoms with Crippen molar-refractivity contribution in [3.63, 3.8) is 0 Å². The number of aromatic nitrogens is 2. The van der Waals surface area contributed by atoms with Crippen molar-refractivity contribution in [3.05, 3.63) is 90.0 Å². The summed E-state index contributed by atoms with van der Waals surface area (Å²) < 4.78 is 2.04. The molecule has 0 spiro atoms. The second-order valence-corrected chi connectivity index (χ2v) is 7.83. The molecule has 1 aliphatic heterocycles. The highest BCUT2D eigenvalue weighted by Crippen LogP contribution is 2.19. The number of benzene rings is 2. The predicted octanol–water partition coefficient (Wildman–Crippen LogP) is 3.46. The fraction of sp³-hybridized carbons (Fsp3) is 0.333. The summed E-state index contributed by atoms with van der Waals surface area (Å²) in [6.45, 7) is 4.18. The van der Waals surface area contributed by atoms with Crippen LogP contribution in [-0.2, 0) is 24.4 Å². The van der Waals surface area contributed by atoms with Crippen LogP contribution in [0.15, 0.2) is 73.3 Å². The van der Waals surface area contributed by atoms with E-state index in [1.165, 1.54) is 11.1 Å². The maximum absolute atomic E-state index is 12.8. The molecule has 1 unspecified atom stereocenters. The van der Waals surface area contributed by atoms with Crippen LogP contribution in [0.5, 0.6) is 0 Å². The maximum Gasteiger partial charge on any atom is 0.224 e. The van der Waals surface area contributed by atoms with E-state index in [0.717, 1.165) is 44.6 Å². The largest absolute Gasteiger partial charge is 0.352 e. The van der Waals surface area contributed by atoms with Gasteiger partial charge >= 0.3 is 0 Å². The van der Waals surface area contributed by atoms with Crippen molar-refractivity contribution >= 4 is 5.91 Å². The molecule has 1 fully saturated rings. The molecule has 3 aromatic rings. The normalized spacial score (nSPS) is 17.2. The summed E-state index contributed by atoms with van der Waals surface area (Å²) in [5, 5.41) is 3.15. The average molecular weight is 389 g/mol. The van der Waals surface area contributed by atoms with E-state index in [2.05, 4.69) is 63.7 Å². The zero-order valence-electron chi connectivity index (χ0n) is 16.7. The van der Waals surface area contributed by atoms with Gasteiger partial charge in [0.15, 0.2) is 0 Å². The SMILES string of the molecule is O=C(NCc1cccc(Cn2ccnc2)c1)C1CCCN(Cc2ccccc2)C1. The maximum atomic E-state index is 12.8. The first-order valence-electron chi connectivity index (χ1n) is 10.3. The third-order valence-electron chi connectivity index (χ3n) is 5.51. The molecule has 29 heavy (non-hydrogen) atoms. The lowest BCUT2D eigenvalue weighted by Gasteiger charge is -2.32. The number of imidazole rings is 1. The van der Waals surface area contributed by atoms with Gasteiger partial charge in [-0.15, -0.1) is 0 Å². The van der Waals surface area contributed by atoms with Crippen molar-refractivity contribution in [1.82, 2.24) is 19.8 Å². The van der Waals surface area contributed by atoms with Crippen molar-refractivity contribution < 1.29 is 4.79 Å². The van der Waals surface area contributed by atoms with E-state index >= 15 is 0 Å². The van der Waals surface area contributed by atoms with Crippen molar-refractivity contribution in [2.24, 2.45) is 5.92 Å².